The highest BCUT2D eigenvalue weighted by atomic mass is 35.5. The number of benzene rings is 4. The van der Waals surface area contributed by atoms with Crippen molar-refractivity contribution in [2.75, 3.05) is 4.90 Å². The molecule has 0 saturated heterocycles. The number of carbonyl (C=O) groups is 3. The minimum atomic E-state index is -0.959. The van der Waals surface area contributed by atoms with Crippen LogP contribution >= 0.6 is 22.9 Å². The highest BCUT2D eigenvalue weighted by molar-refractivity contribution is 7.20. The molecule has 3 N–H and O–H groups in total. The van der Waals surface area contributed by atoms with Gasteiger partial charge in [0.25, 0.3) is 5.91 Å². The topological polar surface area (TPSA) is 105 Å². The number of ketones is 1. The summed E-state index contributed by atoms with van der Waals surface area (Å²) in [5, 5.41) is 3.64. The van der Waals surface area contributed by atoms with Crippen molar-refractivity contribution in [3.05, 3.63) is 124 Å². The Kier molecular flexibility index (Phi) is 8.02. The molecule has 0 bridgehead atoms. The second-order valence-corrected chi connectivity index (χ2v) is 10.6. The third-order valence-electron chi connectivity index (χ3n) is 6.34. The number of amides is 2. The van der Waals surface area contributed by atoms with Crippen LogP contribution in [0.4, 0.5) is 11.4 Å². The molecule has 2 amide bonds. The van der Waals surface area contributed by atoms with E-state index in [2.05, 4.69) is 10.3 Å². The van der Waals surface area contributed by atoms with Gasteiger partial charge in [-0.1, -0.05) is 60.1 Å². The van der Waals surface area contributed by atoms with Gasteiger partial charge in [0.2, 0.25) is 11.7 Å². The zero-order valence-electron chi connectivity index (χ0n) is 21.5. The van der Waals surface area contributed by atoms with Crippen molar-refractivity contribution in [1.29, 1.82) is 0 Å². The first-order valence-electron chi connectivity index (χ1n) is 12.5. The van der Waals surface area contributed by atoms with Crippen LogP contribution < -0.4 is 16.0 Å². The van der Waals surface area contributed by atoms with Crippen LogP contribution in [0.1, 0.15) is 44.3 Å². The van der Waals surface area contributed by atoms with E-state index in [1.165, 1.54) is 18.3 Å². The van der Waals surface area contributed by atoms with Crippen LogP contribution in [0.2, 0.25) is 5.02 Å². The SMILES string of the molecule is CC(=O)N(c1cccc(Cl)c1)c1ccc2nc(C(=O)C(NC(=O)c3ccccc3)c3ccc(CN)cc3)sc2c1. The number of halogens is 1. The van der Waals surface area contributed by atoms with Crippen LogP contribution in [0.25, 0.3) is 10.2 Å². The second kappa shape index (κ2) is 11.8. The number of carbonyl (C=O) groups excluding carboxylic acids is 3. The van der Waals surface area contributed by atoms with Gasteiger partial charge < -0.3 is 11.1 Å². The summed E-state index contributed by atoms with van der Waals surface area (Å²) in [5.41, 5.74) is 9.58. The Bertz CT molecular complexity index is 1700. The number of Topliss-reactive ketones (excluding diaryl/α,β-unsaturated/α-hetero) is 1. The van der Waals surface area contributed by atoms with Gasteiger partial charge in [0.1, 0.15) is 6.04 Å². The van der Waals surface area contributed by atoms with E-state index in [1.807, 2.05) is 24.3 Å². The third-order valence-corrected chi connectivity index (χ3v) is 7.61. The molecule has 5 rings (SSSR count). The van der Waals surface area contributed by atoms with Crippen LogP contribution in [0.3, 0.4) is 0 Å². The summed E-state index contributed by atoms with van der Waals surface area (Å²) in [6, 6.07) is 27.4. The normalized spacial score (nSPS) is 11.7. The molecule has 1 unspecified atom stereocenters. The number of aromatic nitrogens is 1. The quantitative estimate of drug-likeness (QED) is 0.209. The van der Waals surface area contributed by atoms with Gasteiger partial charge in [-0.05, 0) is 59.7 Å². The van der Waals surface area contributed by atoms with Crippen molar-refractivity contribution in [3.8, 4) is 0 Å². The Labute approximate surface area is 240 Å². The Hall–Kier alpha value is -4.37. The predicted molar refractivity (Wildman–Crippen MR) is 159 cm³/mol. The molecule has 7 nitrogen and oxygen atoms in total. The van der Waals surface area contributed by atoms with Crippen LogP contribution in [-0.4, -0.2) is 22.6 Å². The fraction of sp³-hybridized carbons (Fsp3) is 0.0968. The molecule has 0 aliphatic carbocycles. The average Bonchev–Trinajstić information content (AvgIpc) is 3.40. The van der Waals surface area contributed by atoms with E-state index in [1.54, 1.807) is 77.7 Å². The number of nitrogens with two attached hydrogens (primary N) is 1. The minimum absolute atomic E-state index is 0.188. The smallest absolute Gasteiger partial charge is 0.252 e. The van der Waals surface area contributed by atoms with E-state index in [0.29, 0.717) is 39.6 Å². The third kappa shape index (κ3) is 5.79. The van der Waals surface area contributed by atoms with Crippen molar-refractivity contribution in [2.45, 2.75) is 19.5 Å². The minimum Gasteiger partial charge on any atom is -0.338 e. The lowest BCUT2D eigenvalue weighted by Crippen LogP contribution is -2.34. The molecule has 1 atom stereocenters. The van der Waals surface area contributed by atoms with E-state index in [4.69, 9.17) is 17.3 Å². The van der Waals surface area contributed by atoms with Crippen LogP contribution in [0.5, 0.6) is 0 Å². The first-order valence-corrected chi connectivity index (χ1v) is 13.7. The lowest BCUT2D eigenvalue weighted by molar-refractivity contribution is -0.115. The maximum atomic E-state index is 13.9. The number of thiazole rings is 1. The Balaban J connectivity index is 1.50. The maximum Gasteiger partial charge on any atom is 0.252 e. The van der Waals surface area contributed by atoms with Crippen molar-refractivity contribution in [2.24, 2.45) is 5.73 Å². The standard InChI is InChI=1S/C31H25ClN4O3S/c1-19(37)36(24-9-5-8-23(32)16-24)25-14-15-26-27(17-25)40-31(34-26)29(38)28(21-12-10-20(18-33)11-13-21)35-30(39)22-6-3-2-4-7-22/h2-17,28H,18,33H2,1H3,(H,35,39). The number of rotatable bonds is 8. The fourth-order valence-corrected chi connectivity index (χ4v) is 5.51. The lowest BCUT2D eigenvalue weighted by atomic mass is 10.0. The van der Waals surface area contributed by atoms with Crippen LogP contribution in [0, 0.1) is 0 Å². The molecule has 1 heterocycles. The molecular weight excluding hydrogens is 544 g/mol. The van der Waals surface area contributed by atoms with Crippen molar-refractivity contribution in [1.82, 2.24) is 10.3 Å². The van der Waals surface area contributed by atoms with Gasteiger partial charge in [-0.2, -0.15) is 0 Å². The molecule has 0 radical (unpaired) electrons. The van der Waals surface area contributed by atoms with Gasteiger partial charge in [0, 0.05) is 24.1 Å². The summed E-state index contributed by atoms with van der Waals surface area (Å²) in [5.74, 6) is -0.901. The fourth-order valence-electron chi connectivity index (χ4n) is 4.36. The van der Waals surface area contributed by atoms with Crippen LogP contribution in [-0.2, 0) is 11.3 Å². The number of hydrogen-bond acceptors (Lipinski definition) is 6. The monoisotopic (exact) mass is 568 g/mol. The lowest BCUT2D eigenvalue weighted by Gasteiger charge is -2.21. The predicted octanol–water partition coefficient (Wildman–Crippen LogP) is 6.45. The van der Waals surface area contributed by atoms with Gasteiger partial charge in [0.15, 0.2) is 5.01 Å². The Morgan fingerprint density at radius 3 is 2.33 bits per heavy atom. The number of fused-ring (bicyclic) bond motifs is 1. The summed E-state index contributed by atoms with van der Waals surface area (Å²) in [6.07, 6.45) is 0. The molecular formula is C31H25ClN4O3S. The van der Waals surface area contributed by atoms with Crippen molar-refractivity contribution < 1.29 is 14.4 Å². The van der Waals surface area contributed by atoms with Crippen LogP contribution in [0.15, 0.2) is 97.1 Å². The summed E-state index contributed by atoms with van der Waals surface area (Å²) in [4.78, 5) is 45.6. The summed E-state index contributed by atoms with van der Waals surface area (Å²) >= 11 is 7.37. The molecule has 0 aliphatic heterocycles. The molecule has 0 aliphatic rings. The summed E-state index contributed by atoms with van der Waals surface area (Å²) < 4.78 is 0.723. The van der Waals surface area contributed by atoms with Gasteiger partial charge >= 0.3 is 0 Å². The number of hydrogen-bond donors (Lipinski definition) is 2. The molecule has 0 saturated carbocycles. The summed E-state index contributed by atoms with van der Waals surface area (Å²) in [6.45, 7) is 1.84. The van der Waals surface area contributed by atoms with E-state index in [0.717, 1.165) is 10.3 Å². The van der Waals surface area contributed by atoms with Gasteiger partial charge in [-0.25, -0.2) is 4.98 Å². The van der Waals surface area contributed by atoms with Gasteiger partial charge in [-0.15, -0.1) is 11.3 Å². The number of nitrogens with zero attached hydrogens (tertiary/aromatic N) is 2. The average molecular weight is 569 g/mol. The highest BCUT2D eigenvalue weighted by Crippen LogP contribution is 2.33. The Morgan fingerprint density at radius 1 is 0.925 bits per heavy atom. The molecule has 0 spiro atoms. The second-order valence-electron chi connectivity index (χ2n) is 9.09. The first kappa shape index (κ1) is 27.2. The summed E-state index contributed by atoms with van der Waals surface area (Å²) in [7, 11) is 0. The van der Waals surface area contributed by atoms with E-state index in [9.17, 15) is 14.4 Å². The molecule has 200 valence electrons. The van der Waals surface area contributed by atoms with Crippen molar-refractivity contribution >= 4 is 62.1 Å². The number of anilines is 2. The maximum absolute atomic E-state index is 13.9. The molecule has 4 aromatic carbocycles. The molecule has 9 heteroatoms. The molecule has 0 fully saturated rings. The molecule has 5 aromatic rings. The molecule has 40 heavy (non-hydrogen) atoms. The zero-order chi connectivity index (χ0) is 28.2. The molecule has 1 aromatic heterocycles. The van der Waals surface area contributed by atoms with E-state index < -0.39 is 6.04 Å². The first-order chi connectivity index (χ1) is 19.3. The van der Waals surface area contributed by atoms with E-state index >= 15 is 0 Å². The largest absolute Gasteiger partial charge is 0.338 e. The van der Waals surface area contributed by atoms with Gasteiger partial charge in [-0.3, -0.25) is 19.3 Å². The van der Waals surface area contributed by atoms with E-state index in [-0.39, 0.29) is 22.6 Å². The highest BCUT2D eigenvalue weighted by Gasteiger charge is 2.27. The van der Waals surface area contributed by atoms with Crippen molar-refractivity contribution in [3.63, 3.8) is 0 Å². The zero-order valence-corrected chi connectivity index (χ0v) is 23.1. The number of nitrogens with one attached hydrogen (secondary N) is 1. The Morgan fingerprint density at radius 2 is 1.65 bits per heavy atom. The van der Waals surface area contributed by atoms with Gasteiger partial charge in [0.05, 0.1) is 21.6 Å².